The Balaban J connectivity index is 2.02. The fourth-order valence-corrected chi connectivity index (χ4v) is 3.26. The molecule has 1 aromatic rings. The molecule has 8 heteroatoms. The molecule has 0 fully saturated rings. The largest absolute Gasteiger partial charge is 0.415 e. The Kier molecular flexibility index (Phi) is 5.13. The van der Waals surface area contributed by atoms with Crippen LogP contribution in [-0.4, -0.2) is 31.5 Å². The number of hydrogen-bond donors (Lipinski definition) is 2. The number of aromatic nitrogens is 1. The molecule has 0 aliphatic carbocycles. The van der Waals surface area contributed by atoms with E-state index in [1.165, 1.54) is 0 Å². The van der Waals surface area contributed by atoms with Gasteiger partial charge < -0.3 is 10.2 Å². The van der Waals surface area contributed by atoms with Gasteiger partial charge >= 0.3 is 0 Å². The summed E-state index contributed by atoms with van der Waals surface area (Å²) < 4.78 is 6.23. The molecule has 0 amide bonds. The average molecular weight is 356 g/mol. The zero-order valence-corrected chi connectivity index (χ0v) is 16.2. The van der Waals surface area contributed by atoms with Crippen LogP contribution in [0.15, 0.2) is 24.8 Å². The predicted octanol–water partition coefficient (Wildman–Crippen LogP) is 3.35. The third-order valence-corrected chi connectivity index (χ3v) is 9.22. The van der Waals surface area contributed by atoms with Gasteiger partial charge in [0.1, 0.15) is 5.69 Å². The molecule has 2 rings (SSSR count). The minimum absolute atomic E-state index is 0.199. The molecule has 128 valence electrons. The first-order chi connectivity index (χ1) is 10.6. The maximum absolute atomic E-state index is 6.24. The fourth-order valence-electron chi connectivity index (χ4n) is 1.98. The number of anilines is 2. The van der Waals surface area contributed by atoms with Gasteiger partial charge in [0, 0.05) is 18.6 Å². The molecule has 6 nitrogen and oxygen atoms in total. The van der Waals surface area contributed by atoms with Crippen LogP contribution in [0.4, 0.5) is 11.4 Å². The maximum Gasteiger partial charge on any atom is 0.192 e. The number of hydrogen-bond acceptors (Lipinski definition) is 6. The summed E-state index contributed by atoms with van der Waals surface area (Å²) in [5, 5.41) is 4.50. The summed E-state index contributed by atoms with van der Waals surface area (Å²) in [4.78, 5) is 3.99. The van der Waals surface area contributed by atoms with Crippen molar-refractivity contribution in [3.63, 3.8) is 0 Å². The van der Waals surface area contributed by atoms with Crippen molar-refractivity contribution in [2.75, 3.05) is 24.0 Å². The number of halogens is 1. The van der Waals surface area contributed by atoms with Gasteiger partial charge in [-0.15, -0.1) is 0 Å². The normalized spacial score (nSPS) is 15.2. The quantitative estimate of drug-likeness (QED) is 0.789. The second kappa shape index (κ2) is 6.58. The smallest absolute Gasteiger partial charge is 0.192 e. The van der Waals surface area contributed by atoms with E-state index >= 15 is 0 Å². The summed E-state index contributed by atoms with van der Waals surface area (Å²) in [5.41, 5.74) is 10.3. The topological polar surface area (TPSA) is 66.7 Å². The van der Waals surface area contributed by atoms with Crippen LogP contribution in [0.3, 0.4) is 0 Å². The molecule has 2 heterocycles. The Hall–Kier alpha value is -1.44. The summed E-state index contributed by atoms with van der Waals surface area (Å²) in [6, 6.07) is 0. The van der Waals surface area contributed by atoms with E-state index in [0.717, 1.165) is 0 Å². The van der Waals surface area contributed by atoms with Gasteiger partial charge in [0.25, 0.3) is 0 Å². The molecule has 0 bridgehead atoms. The second-order valence-corrected chi connectivity index (χ2v) is 12.3. The third-order valence-electron chi connectivity index (χ3n) is 4.40. The van der Waals surface area contributed by atoms with Crippen LogP contribution in [0, 0.1) is 0 Å². The molecule has 1 aromatic heterocycles. The monoisotopic (exact) mass is 355 g/mol. The van der Waals surface area contributed by atoms with E-state index in [0.29, 0.717) is 29.5 Å². The highest BCUT2D eigenvalue weighted by Gasteiger charge is 2.37. The highest BCUT2D eigenvalue weighted by Crippen LogP contribution is 2.36. The SMILES string of the molecule is CC(C)(C)[Si](C)(C)OCCN1C=CNN1c1c(N)cncc1Cl. The molecule has 0 atom stereocenters. The highest BCUT2D eigenvalue weighted by atomic mass is 35.5. The lowest BCUT2D eigenvalue weighted by molar-refractivity contribution is 0.229. The van der Waals surface area contributed by atoms with Gasteiger partial charge in [-0.05, 0) is 18.1 Å². The van der Waals surface area contributed by atoms with Crippen LogP contribution in [0.2, 0.25) is 23.2 Å². The maximum atomic E-state index is 6.24. The number of rotatable bonds is 5. The lowest BCUT2D eigenvalue weighted by Crippen LogP contribution is -2.46. The average Bonchev–Trinajstić information content (AvgIpc) is 2.85. The molecule has 3 N–H and O–H groups in total. The summed E-state index contributed by atoms with van der Waals surface area (Å²) >= 11 is 6.24. The van der Waals surface area contributed by atoms with Crippen LogP contribution >= 0.6 is 11.6 Å². The van der Waals surface area contributed by atoms with E-state index in [-0.39, 0.29) is 5.04 Å². The zero-order chi connectivity index (χ0) is 17.3. The van der Waals surface area contributed by atoms with Gasteiger partial charge in [0.05, 0.1) is 30.1 Å². The number of nitrogen functional groups attached to an aromatic ring is 1. The minimum atomic E-state index is -1.75. The van der Waals surface area contributed by atoms with Crippen LogP contribution in [0.1, 0.15) is 20.8 Å². The fraction of sp³-hybridized carbons (Fsp3) is 0.533. The number of nitrogens with zero attached hydrogens (tertiary/aromatic N) is 3. The molecule has 23 heavy (non-hydrogen) atoms. The molecule has 1 aliphatic heterocycles. The molecular formula is C15H26ClN5OSi. The first-order valence-corrected chi connectivity index (χ1v) is 10.9. The van der Waals surface area contributed by atoms with Crippen molar-refractivity contribution in [1.29, 1.82) is 0 Å². The zero-order valence-electron chi connectivity index (χ0n) is 14.4. The molecule has 0 saturated heterocycles. The molecule has 0 radical (unpaired) electrons. The van der Waals surface area contributed by atoms with E-state index in [1.54, 1.807) is 12.4 Å². The molecule has 0 aromatic carbocycles. The number of hydrazine groups is 2. The van der Waals surface area contributed by atoms with Crippen molar-refractivity contribution in [3.05, 3.63) is 29.8 Å². The predicted molar refractivity (Wildman–Crippen MR) is 98.3 cm³/mol. The van der Waals surface area contributed by atoms with Crippen molar-refractivity contribution in [2.45, 2.75) is 38.9 Å². The Morgan fingerprint density at radius 2 is 2.04 bits per heavy atom. The van der Waals surface area contributed by atoms with Crippen molar-refractivity contribution in [1.82, 2.24) is 15.4 Å². The number of pyridine rings is 1. The van der Waals surface area contributed by atoms with Gasteiger partial charge in [-0.25, -0.2) is 0 Å². The standard InChI is InChI=1S/C15H26ClN5OSi/c1-15(2,3)23(4,5)22-9-8-20-7-6-19-21(20)14-12(16)10-18-11-13(14)17/h6-7,10-11,19H,8-9,17H2,1-5H3. The van der Waals surface area contributed by atoms with Crippen molar-refractivity contribution >= 4 is 31.3 Å². The minimum Gasteiger partial charge on any atom is -0.415 e. The third kappa shape index (κ3) is 3.91. The van der Waals surface area contributed by atoms with Crippen LogP contribution in [-0.2, 0) is 4.43 Å². The Labute approximate surface area is 144 Å². The highest BCUT2D eigenvalue weighted by molar-refractivity contribution is 6.74. The van der Waals surface area contributed by atoms with Crippen LogP contribution < -0.4 is 16.3 Å². The lowest BCUT2D eigenvalue weighted by Gasteiger charge is -2.37. The molecular weight excluding hydrogens is 330 g/mol. The summed E-state index contributed by atoms with van der Waals surface area (Å²) in [6.07, 6.45) is 6.94. The number of nitrogens with one attached hydrogen (secondary N) is 1. The van der Waals surface area contributed by atoms with Crippen molar-refractivity contribution < 1.29 is 4.43 Å². The summed E-state index contributed by atoms with van der Waals surface area (Å²) in [6.45, 7) is 12.6. The first kappa shape index (κ1) is 17.9. The van der Waals surface area contributed by atoms with Gasteiger partial charge in [-0.3, -0.25) is 15.4 Å². The lowest BCUT2D eigenvalue weighted by atomic mass is 10.2. The molecule has 0 spiro atoms. The molecule has 0 unspecified atom stereocenters. The number of nitrogens with two attached hydrogens (primary N) is 1. The van der Waals surface area contributed by atoms with E-state index in [9.17, 15) is 0 Å². The van der Waals surface area contributed by atoms with Gasteiger partial charge in [-0.2, -0.15) is 5.12 Å². The Morgan fingerprint density at radius 3 is 2.65 bits per heavy atom. The summed E-state index contributed by atoms with van der Waals surface area (Å²) in [7, 11) is -1.75. The van der Waals surface area contributed by atoms with Crippen molar-refractivity contribution in [2.24, 2.45) is 0 Å². The van der Waals surface area contributed by atoms with Crippen LogP contribution in [0.25, 0.3) is 0 Å². The Morgan fingerprint density at radius 1 is 1.35 bits per heavy atom. The Bertz CT molecular complexity index is 567. The van der Waals surface area contributed by atoms with E-state index < -0.39 is 8.32 Å². The van der Waals surface area contributed by atoms with Gasteiger partial charge in [0.15, 0.2) is 8.32 Å². The summed E-state index contributed by atoms with van der Waals surface area (Å²) in [5.74, 6) is 0. The molecule has 1 aliphatic rings. The van der Waals surface area contributed by atoms with Gasteiger partial charge in [-0.1, -0.05) is 32.4 Å². The van der Waals surface area contributed by atoms with Crippen molar-refractivity contribution in [3.8, 4) is 0 Å². The second-order valence-electron chi connectivity index (χ2n) is 7.09. The first-order valence-electron chi connectivity index (χ1n) is 7.66. The molecule has 0 saturated carbocycles. The van der Waals surface area contributed by atoms with E-state index in [1.807, 2.05) is 22.5 Å². The van der Waals surface area contributed by atoms with Crippen LogP contribution in [0.5, 0.6) is 0 Å². The van der Waals surface area contributed by atoms with E-state index in [2.05, 4.69) is 44.3 Å². The van der Waals surface area contributed by atoms with E-state index in [4.69, 9.17) is 21.8 Å². The van der Waals surface area contributed by atoms with Gasteiger partial charge in [0.2, 0.25) is 0 Å².